The molecule has 6 nitrogen and oxygen atoms in total. The third-order valence-electron chi connectivity index (χ3n) is 4.68. The smallest absolute Gasteiger partial charge is 0.271 e. The van der Waals surface area contributed by atoms with Gasteiger partial charge >= 0.3 is 0 Å². The number of benzene rings is 1. The molecule has 0 aliphatic carbocycles. The first kappa shape index (κ1) is 22.3. The molecular formula is C23H31N3O3. The summed E-state index contributed by atoms with van der Waals surface area (Å²) in [6, 6.07) is 5.71. The van der Waals surface area contributed by atoms with E-state index >= 15 is 0 Å². The molecule has 0 fully saturated rings. The number of hydrogen-bond donors (Lipinski definition) is 2. The molecule has 0 radical (unpaired) electrons. The van der Waals surface area contributed by atoms with Crippen molar-refractivity contribution in [2.45, 2.75) is 33.1 Å². The largest absolute Gasteiger partial charge is 0.493 e. The van der Waals surface area contributed by atoms with Crippen LogP contribution in [0.3, 0.4) is 0 Å². The minimum atomic E-state index is -0.238. The highest BCUT2D eigenvalue weighted by molar-refractivity contribution is 6.42. The van der Waals surface area contributed by atoms with Crippen molar-refractivity contribution in [2.24, 2.45) is 0 Å². The molecule has 29 heavy (non-hydrogen) atoms. The highest BCUT2D eigenvalue weighted by Crippen LogP contribution is 2.30. The van der Waals surface area contributed by atoms with Crippen molar-refractivity contribution >= 4 is 17.3 Å². The number of ether oxygens (including phenoxy) is 2. The number of carbonyl (C=O) groups is 1. The molecule has 2 rings (SSSR count). The van der Waals surface area contributed by atoms with E-state index in [9.17, 15) is 4.79 Å². The van der Waals surface area contributed by atoms with Crippen LogP contribution in [0, 0.1) is 5.41 Å². The Morgan fingerprint density at radius 2 is 2.00 bits per heavy atom. The van der Waals surface area contributed by atoms with Gasteiger partial charge in [-0.25, -0.2) is 0 Å². The summed E-state index contributed by atoms with van der Waals surface area (Å²) in [7, 11) is 3.21. The first-order valence-corrected chi connectivity index (χ1v) is 9.98. The summed E-state index contributed by atoms with van der Waals surface area (Å²) in [6.07, 6.45) is 10.1. The number of nitrogens with zero attached hydrogens (tertiary/aromatic N) is 1. The van der Waals surface area contributed by atoms with Crippen molar-refractivity contribution in [1.82, 2.24) is 10.2 Å². The normalized spacial score (nSPS) is 17.9. The molecule has 6 heteroatoms. The van der Waals surface area contributed by atoms with Crippen molar-refractivity contribution in [2.75, 3.05) is 27.3 Å². The van der Waals surface area contributed by atoms with Crippen LogP contribution < -0.4 is 14.8 Å². The van der Waals surface area contributed by atoms with Crippen LogP contribution in [-0.2, 0) is 4.79 Å². The number of carbonyl (C=O) groups excluding carboxylic acids is 1. The molecule has 0 saturated heterocycles. The van der Waals surface area contributed by atoms with E-state index in [1.54, 1.807) is 25.2 Å². The van der Waals surface area contributed by atoms with Crippen molar-refractivity contribution in [3.63, 3.8) is 0 Å². The monoisotopic (exact) mass is 397 g/mol. The molecule has 0 spiro atoms. The Morgan fingerprint density at radius 1 is 1.24 bits per heavy atom. The predicted molar refractivity (Wildman–Crippen MR) is 117 cm³/mol. The molecule has 0 atom stereocenters. The van der Waals surface area contributed by atoms with Crippen LogP contribution in [0.1, 0.15) is 38.7 Å². The maximum Gasteiger partial charge on any atom is 0.271 e. The van der Waals surface area contributed by atoms with Crippen LogP contribution in [0.2, 0.25) is 0 Å². The number of rotatable bonds is 8. The number of methoxy groups -OCH3 is 2. The van der Waals surface area contributed by atoms with E-state index in [4.69, 9.17) is 14.9 Å². The van der Waals surface area contributed by atoms with Crippen LogP contribution in [0.15, 0.2) is 48.2 Å². The Hall–Kier alpha value is -3.02. The van der Waals surface area contributed by atoms with Crippen LogP contribution in [0.5, 0.6) is 11.5 Å². The lowest BCUT2D eigenvalue weighted by atomic mass is 10.1. The molecule has 1 aliphatic heterocycles. The lowest BCUT2D eigenvalue weighted by Gasteiger charge is -2.21. The molecule has 0 saturated carbocycles. The SMILES string of the molecule is CCCN(CC)C(=O)C(=N)/C=C1/CC/C=C\C=C(\c2ccc(OC)c(OC)c2)N1. The maximum atomic E-state index is 12.6. The molecule has 1 heterocycles. The second kappa shape index (κ2) is 11.1. The molecule has 1 aliphatic rings. The number of amides is 1. The van der Waals surface area contributed by atoms with Crippen LogP contribution >= 0.6 is 0 Å². The fourth-order valence-electron chi connectivity index (χ4n) is 3.14. The summed E-state index contributed by atoms with van der Waals surface area (Å²) in [6.45, 7) is 5.23. The van der Waals surface area contributed by atoms with Gasteiger partial charge in [0.15, 0.2) is 11.5 Å². The molecule has 1 aromatic carbocycles. The molecule has 0 bridgehead atoms. The summed E-state index contributed by atoms with van der Waals surface area (Å²) >= 11 is 0. The molecule has 2 N–H and O–H groups in total. The fraction of sp³-hybridized carbons (Fsp3) is 0.391. The van der Waals surface area contributed by atoms with E-state index in [0.717, 1.165) is 36.2 Å². The Bertz CT molecular complexity index is 825. The van der Waals surface area contributed by atoms with E-state index in [-0.39, 0.29) is 11.6 Å². The summed E-state index contributed by atoms with van der Waals surface area (Å²) in [5, 5.41) is 11.7. The third-order valence-corrected chi connectivity index (χ3v) is 4.68. The van der Waals surface area contributed by atoms with Crippen LogP contribution in [0.4, 0.5) is 0 Å². The minimum absolute atomic E-state index is 0.000912. The van der Waals surface area contributed by atoms with Gasteiger partial charge < -0.3 is 19.7 Å². The van der Waals surface area contributed by atoms with Crippen LogP contribution in [-0.4, -0.2) is 43.8 Å². The average molecular weight is 398 g/mol. The highest BCUT2D eigenvalue weighted by Gasteiger charge is 2.16. The highest BCUT2D eigenvalue weighted by atomic mass is 16.5. The van der Waals surface area contributed by atoms with Crippen molar-refractivity contribution in [3.05, 3.63) is 53.8 Å². The van der Waals surface area contributed by atoms with Gasteiger partial charge in [0.2, 0.25) is 0 Å². The van der Waals surface area contributed by atoms with Gasteiger partial charge in [-0.15, -0.1) is 0 Å². The zero-order valence-electron chi connectivity index (χ0n) is 17.7. The van der Waals surface area contributed by atoms with Gasteiger partial charge in [0.05, 0.1) is 14.2 Å². The Morgan fingerprint density at radius 3 is 2.66 bits per heavy atom. The summed E-state index contributed by atoms with van der Waals surface area (Å²) in [5.41, 5.74) is 2.63. The topological polar surface area (TPSA) is 74.7 Å². The van der Waals surface area contributed by atoms with Crippen LogP contribution in [0.25, 0.3) is 5.70 Å². The zero-order chi connectivity index (χ0) is 21.2. The Kier molecular flexibility index (Phi) is 8.52. The van der Waals surface area contributed by atoms with Gasteiger partial charge in [-0.2, -0.15) is 0 Å². The Labute approximate surface area is 173 Å². The summed E-state index contributed by atoms with van der Waals surface area (Å²) in [4.78, 5) is 14.3. The average Bonchev–Trinajstić information content (AvgIpc) is 2.72. The van der Waals surface area contributed by atoms with Gasteiger partial charge in [0.25, 0.3) is 5.91 Å². The van der Waals surface area contributed by atoms with Gasteiger partial charge in [0.1, 0.15) is 5.71 Å². The maximum absolute atomic E-state index is 12.6. The fourth-order valence-corrected chi connectivity index (χ4v) is 3.14. The molecule has 0 aromatic heterocycles. The van der Waals surface area contributed by atoms with Crippen molar-refractivity contribution in [3.8, 4) is 11.5 Å². The minimum Gasteiger partial charge on any atom is -0.493 e. The molecule has 0 unspecified atom stereocenters. The number of hydrogen-bond acceptors (Lipinski definition) is 5. The van der Waals surface area contributed by atoms with Gasteiger partial charge in [0, 0.05) is 30.0 Å². The quantitative estimate of drug-likeness (QED) is 0.647. The summed E-state index contributed by atoms with van der Waals surface area (Å²) < 4.78 is 10.7. The van der Waals surface area contributed by atoms with E-state index < -0.39 is 0 Å². The van der Waals surface area contributed by atoms with Crippen molar-refractivity contribution in [1.29, 1.82) is 5.41 Å². The molecular weight excluding hydrogens is 366 g/mol. The van der Waals surface area contributed by atoms with Crippen molar-refractivity contribution < 1.29 is 14.3 Å². The lowest BCUT2D eigenvalue weighted by molar-refractivity contribution is -0.123. The zero-order valence-corrected chi connectivity index (χ0v) is 17.7. The molecule has 156 valence electrons. The summed E-state index contributed by atoms with van der Waals surface area (Å²) in [5.74, 6) is 1.07. The van der Waals surface area contributed by atoms with E-state index in [1.807, 2.05) is 44.2 Å². The second-order valence-electron chi connectivity index (χ2n) is 6.71. The second-order valence-corrected chi connectivity index (χ2v) is 6.71. The first-order chi connectivity index (χ1) is 14.0. The lowest BCUT2D eigenvalue weighted by Crippen LogP contribution is -2.36. The van der Waals surface area contributed by atoms with E-state index in [2.05, 4.69) is 11.4 Å². The standard InChI is InChI=1S/C23H31N3O3/c1-5-14-26(6-2)23(27)19(24)16-18-10-8-7-9-11-20(25-18)17-12-13-21(28-3)22(15-17)29-4/h7,9,11-13,15-16,24-25H,5-6,8,10,14H2,1-4H3/b9-7-,18-16-,20-11-,24-19?. The predicted octanol–water partition coefficient (Wildman–Crippen LogP) is 4.15. The molecule has 1 amide bonds. The van der Waals surface area contributed by atoms with E-state index in [0.29, 0.717) is 24.6 Å². The number of allylic oxidation sites excluding steroid dienone is 4. The van der Waals surface area contributed by atoms with Gasteiger partial charge in [-0.05, 0) is 56.5 Å². The Balaban J connectivity index is 2.27. The first-order valence-electron chi connectivity index (χ1n) is 9.98. The van der Waals surface area contributed by atoms with Gasteiger partial charge in [-0.3, -0.25) is 10.2 Å². The number of nitrogens with one attached hydrogen (secondary N) is 2. The van der Waals surface area contributed by atoms with Gasteiger partial charge in [-0.1, -0.05) is 19.1 Å². The molecule has 1 aromatic rings. The third kappa shape index (κ3) is 5.98. The van der Waals surface area contributed by atoms with E-state index in [1.165, 1.54) is 0 Å².